The number of rotatable bonds is 4. The van der Waals surface area contributed by atoms with E-state index in [1.54, 1.807) is 24.3 Å². The minimum atomic E-state index is -0.435. The summed E-state index contributed by atoms with van der Waals surface area (Å²) in [4.78, 5) is 11.8. The van der Waals surface area contributed by atoms with Crippen molar-refractivity contribution in [3.05, 3.63) is 65.7 Å². The first-order valence-corrected chi connectivity index (χ1v) is 6.28. The summed E-state index contributed by atoms with van der Waals surface area (Å²) in [7, 11) is 1.54. The van der Waals surface area contributed by atoms with Gasteiger partial charge in [0.05, 0.1) is 7.11 Å². The molecule has 2 aromatic carbocycles. The number of esters is 1. The van der Waals surface area contributed by atoms with Crippen molar-refractivity contribution in [2.75, 3.05) is 7.11 Å². The van der Waals surface area contributed by atoms with E-state index < -0.39 is 5.97 Å². The number of carbonyl (C=O) groups excluding carboxylic acids is 1. The van der Waals surface area contributed by atoms with E-state index in [0.29, 0.717) is 11.5 Å². The Labute approximate surface area is 118 Å². The zero-order chi connectivity index (χ0) is 14.4. The van der Waals surface area contributed by atoms with Crippen molar-refractivity contribution < 1.29 is 14.3 Å². The molecule has 3 nitrogen and oxygen atoms in total. The number of benzene rings is 2. The Bertz CT molecular complexity index is 612. The summed E-state index contributed by atoms with van der Waals surface area (Å²) in [5.74, 6) is 0.508. The molecule has 0 fully saturated rings. The Morgan fingerprint density at radius 3 is 2.30 bits per heavy atom. The maximum absolute atomic E-state index is 11.8. The van der Waals surface area contributed by atoms with Crippen LogP contribution in [0.25, 0.3) is 6.08 Å². The van der Waals surface area contributed by atoms with E-state index >= 15 is 0 Å². The second-order valence-corrected chi connectivity index (χ2v) is 4.32. The highest BCUT2D eigenvalue weighted by atomic mass is 16.6. The topological polar surface area (TPSA) is 35.5 Å². The molecule has 0 aliphatic rings. The third kappa shape index (κ3) is 3.72. The zero-order valence-electron chi connectivity index (χ0n) is 11.5. The van der Waals surface area contributed by atoms with E-state index in [1.807, 2.05) is 37.3 Å². The largest absolute Gasteiger partial charge is 0.493 e. The molecule has 0 saturated heterocycles. The van der Waals surface area contributed by atoms with E-state index in [9.17, 15) is 4.79 Å². The molecule has 0 spiro atoms. The van der Waals surface area contributed by atoms with Crippen molar-refractivity contribution in [2.24, 2.45) is 0 Å². The lowest BCUT2D eigenvalue weighted by atomic mass is 10.1. The van der Waals surface area contributed by atoms with Crippen molar-refractivity contribution in [3.8, 4) is 11.5 Å². The first-order chi connectivity index (χ1) is 9.69. The van der Waals surface area contributed by atoms with Crippen LogP contribution in [0.2, 0.25) is 0 Å². The number of hydrogen-bond donors (Lipinski definition) is 0. The lowest BCUT2D eigenvalue weighted by Gasteiger charge is -2.06. The van der Waals surface area contributed by atoms with Gasteiger partial charge in [-0.2, -0.15) is 0 Å². The SMILES string of the molecule is COc1ccccc1OC(=O)/C=C/c1ccc(C)cc1. The Balaban J connectivity index is 2.03. The van der Waals surface area contributed by atoms with Crippen LogP contribution in [0.15, 0.2) is 54.6 Å². The normalized spacial score (nSPS) is 10.5. The van der Waals surface area contributed by atoms with Crippen molar-refractivity contribution >= 4 is 12.0 Å². The number of hydrogen-bond acceptors (Lipinski definition) is 3. The molecule has 0 aliphatic heterocycles. The predicted molar refractivity (Wildman–Crippen MR) is 78.8 cm³/mol. The molecule has 2 rings (SSSR count). The zero-order valence-corrected chi connectivity index (χ0v) is 11.5. The Morgan fingerprint density at radius 2 is 1.65 bits per heavy atom. The minimum absolute atomic E-state index is 0.411. The van der Waals surface area contributed by atoms with Gasteiger partial charge in [0.2, 0.25) is 0 Å². The van der Waals surface area contributed by atoms with Crippen molar-refractivity contribution in [1.29, 1.82) is 0 Å². The first-order valence-electron chi connectivity index (χ1n) is 6.28. The fraction of sp³-hybridized carbons (Fsp3) is 0.118. The highest BCUT2D eigenvalue weighted by Crippen LogP contribution is 2.25. The first kappa shape index (κ1) is 13.9. The number of aryl methyl sites for hydroxylation is 1. The molecule has 0 atom stereocenters. The van der Waals surface area contributed by atoms with Crippen LogP contribution in [0.5, 0.6) is 11.5 Å². The van der Waals surface area contributed by atoms with E-state index in [1.165, 1.54) is 18.7 Å². The predicted octanol–water partition coefficient (Wildman–Crippen LogP) is 3.62. The molecule has 3 heteroatoms. The maximum Gasteiger partial charge on any atom is 0.336 e. The van der Waals surface area contributed by atoms with Gasteiger partial charge >= 0.3 is 5.97 Å². The maximum atomic E-state index is 11.8. The monoisotopic (exact) mass is 268 g/mol. The van der Waals surface area contributed by atoms with E-state index in [2.05, 4.69) is 0 Å². The molecule has 0 saturated carbocycles. The molecule has 20 heavy (non-hydrogen) atoms. The standard InChI is InChI=1S/C17H16O3/c1-13-7-9-14(10-8-13)11-12-17(18)20-16-6-4-3-5-15(16)19-2/h3-12H,1-2H3/b12-11+. The molecule has 0 unspecified atom stereocenters. The van der Waals surface area contributed by atoms with Gasteiger partial charge in [-0.15, -0.1) is 0 Å². The number of carbonyl (C=O) groups is 1. The summed E-state index contributed by atoms with van der Waals surface area (Å²) in [5, 5.41) is 0. The highest BCUT2D eigenvalue weighted by Gasteiger charge is 2.06. The van der Waals surface area contributed by atoms with Gasteiger partial charge in [0.15, 0.2) is 11.5 Å². The average molecular weight is 268 g/mol. The number of ether oxygens (including phenoxy) is 2. The van der Waals surface area contributed by atoms with E-state index in [4.69, 9.17) is 9.47 Å². The summed E-state index contributed by atoms with van der Waals surface area (Å²) in [6.45, 7) is 2.02. The highest BCUT2D eigenvalue weighted by molar-refractivity contribution is 5.89. The quantitative estimate of drug-likeness (QED) is 0.482. The van der Waals surface area contributed by atoms with Gasteiger partial charge < -0.3 is 9.47 Å². The fourth-order valence-corrected chi connectivity index (χ4v) is 1.69. The molecule has 0 N–H and O–H groups in total. The fourth-order valence-electron chi connectivity index (χ4n) is 1.69. The lowest BCUT2D eigenvalue weighted by molar-refractivity contribution is -0.129. The van der Waals surface area contributed by atoms with Crippen LogP contribution in [-0.2, 0) is 4.79 Å². The van der Waals surface area contributed by atoms with Crippen molar-refractivity contribution in [1.82, 2.24) is 0 Å². The van der Waals surface area contributed by atoms with Crippen LogP contribution in [0.4, 0.5) is 0 Å². The molecule has 0 aromatic heterocycles. The second-order valence-electron chi connectivity index (χ2n) is 4.32. The summed E-state index contributed by atoms with van der Waals surface area (Å²) in [5.41, 5.74) is 2.13. The summed E-state index contributed by atoms with van der Waals surface area (Å²) in [6.07, 6.45) is 3.12. The third-order valence-corrected chi connectivity index (χ3v) is 2.77. The van der Waals surface area contributed by atoms with Crippen molar-refractivity contribution in [3.63, 3.8) is 0 Å². The Morgan fingerprint density at radius 1 is 1.00 bits per heavy atom. The summed E-state index contributed by atoms with van der Waals surface area (Å²) in [6, 6.07) is 14.9. The molecular formula is C17H16O3. The van der Waals surface area contributed by atoms with Gasteiger partial charge in [-0.3, -0.25) is 0 Å². The van der Waals surface area contributed by atoms with E-state index in [-0.39, 0.29) is 0 Å². The van der Waals surface area contributed by atoms with Crippen LogP contribution in [0, 0.1) is 6.92 Å². The molecule has 2 aromatic rings. The Kier molecular flexibility index (Phi) is 4.56. The summed E-state index contributed by atoms with van der Waals surface area (Å²) >= 11 is 0. The van der Waals surface area contributed by atoms with Gasteiger partial charge in [0.1, 0.15) is 0 Å². The number of para-hydroxylation sites is 2. The van der Waals surface area contributed by atoms with Crippen LogP contribution in [-0.4, -0.2) is 13.1 Å². The molecule has 0 heterocycles. The third-order valence-electron chi connectivity index (χ3n) is 2.77. The Hall–Kier alpha value is -2.55. The van der Waals surface area contributed by atoms with Crippen LogP contribution < -0.4 is 9.47 Å². The molecular weight excluding hydrogens is 252 g/mol. The van der Waals surface area contributed by atoms with Crippen LogP contribution in [0.1, 0.15) is 11.1 Å². The smallest absolute Gasteiger partial charge is 0.336 e. The molecule has 0 amide bonds. The molecule has 0 bridgehead atoms. The summed E-state index contributed by atoms with van der Waals surface area (Å²) < 4.78 is 10.4. The van der Waals surface area contributed by atoms with Gasteiger partial charge in [-0.05, 0) is 30.7 Å². The van der Waals surface area contributed by atoms with Gasteiger partial charge in [0.25, 0.3) is 0 Å². The molecule has 0 radical (unpaired) electrons. The van der Waals surface area contributed by atoms with Gasteiger partial charge in [0, 0.05) is 6.08 Å². The van der Waals surface area contributed by atoms with E-state index in [0.717, 1.165) is 5.56 Å². The number of methoxy groups -OCH3 is 1. The van der Waals surface area contributed by atoms with Gasteiger partial charge in [-0.25, -0.2) is 4.79 Å². The van der Waals surface area contributed by atoms with Gasteiger partial charge in [-0.1, -0.05) is 42.0 Å². The van der Waals surface area contributed by atoms with Crippen molar-refractivity contribution in [2.45, 2.75) is 6.92 Å². The van der Waals surface area contributed by atoms with Crippen LogP contribution in [0.3, 0.4) is 0 Å². The molecule has 0 aliphatic carbocycles. The second kappa shape index (κ2) is 6.57. The molecule has 102 valence electrons. The minimum Gasteiger partial charge on any atom is -0.493 e. The average Bonchev–Trinajstić information content (AvgIpc) is 2.47. The van der Waals surface area contributed by atoms with Crippen LogP contribution >= 0.6 is 0 Å². The lowest BCUT2D eigenvalue weighted by Crippen LogP contribution is -2.04.